The van der Waals surface area contributed by atoms with Crippen molar-refractivity contribution >= 4 is 0 Å². The lowest BCUT2D eigenvalue weighted by Crippen LogP contribution is -2.42. The molecule has 0 saturated carbocycles. The first-order valence-electron chi connectivity index (χ1n) is 6.10. The fourth-order valence-corrected chi connectivity index (χ4v) is 1.90. The van der Waals surface area contributed by atoms with Crippen LogP contribution in [0.5, 0.6) is 0 Å². The lowest BCUT2D eigenvalue weighted by molar-refractivity contribution is 0.169. The van der Waals surface area contributed by atoms with E-state index in [1.165, 1.54) is 5.56 Å². The zero-order chi connectivity index (χ0) is 12.1. The van der Waals surface area contributed by atoms with Gasteiger partial charge in [0.1, 0.15) is 0 Å². The smallest absolute Gasteiger partial charge is 0.0450 e. The summed E-state index contributed by atoms with van der Waals surface area (Å²) in [7, 11) is 2.15. The summed E-state index contributed by atoms with van der Waals surface area (Å²) in [5.74, 6) is 0. The van der Waals surface area contributed by atoms with Gasteiger partial charge in [-0.15, -0.1) is 0 Å². The quantitative estimate of drug-likeness (QED) is 0.826. The van der Waals surface area contributed by atoms with Gasteiger partial charge in [-0.2, -0.15) is 0 Å². The van der Waals surface area contributed by atoms with Crippen LogP contribution in [0.2, 0.25) is 0 Å². The van der Waals surface area contributed by atoms with Crippen molar-refractivity contribution in [3.05, 3.63) is 35.9 Å². The van der Waals surface area contributed by atoms with Crippen molar-refractivity contribution in [2.75, 3.05) is 7.05 Å². The van der Waals surface area contributed by atoms with Crippen LogP contribution in [0.3, 0.4) is 0 Å². The van der Waals surface area contributed by atoms with E-state index in [1.54, 1.807) is 0 Å². The van der Waals surface area contributed by atoms with Crippen molar-refractivity contribution in [1.29, 1.82) is 0 Å². The number of likely N-dealkylation sites (N-methyl/N-ethyl adjacent to an activating group) is 1. The van der Waals surface area contributed by atoms with Gasteiger partial charge < -0.3 is 5.73 Å². The van der Waals surface area contributed by atoms with Gasteiger partial charge in [-0.05, 0) is 32.9 Å². The minimum Gasteiger partial charge on any atom is -0.323 e. The van der Waals surface area contributed by atoms with Crippen molar-refractivity contribution in [2.45, 2.75) is 45.3 Å². The van der Waals surface area contributed by atoms with Gasteiger partial charge >= 0.3 is 0 Å². The molecule has 2 nitrogen and oxygen atoms in total. The van der Waals surface area contributed by atoms with Gasteiger partial charge in [-0.3, -0.25) is 4.90 Å². The molecule has 0 aliphatic heterocycles. The van der Waals surface area contributed by atoms with E-state index in [0.29, 0.717) is 12.1 Å². The van der Waals surface area contributed by atoms with E-state index < -0.39 is 0 Å². The highest BCUT2D eigenvalue weighted by molar-refractivity contribution is 5.19. The second-order valence-corrected chi connectivity index (χ2v) is 4.60. The van der Waals surface area contributed by atoms with Crippen LogP contribution in [-0.2, 0) is 0 Å². The van der Waals surface area contributed by atoms with E-state index in [0.717, 1.165) is 6.42 Å². The molecule has 1 aromatic rings. The molecule has 3 atom stereocenters. The Morgan fingerprint density at radius 3 is 2.25 bits per heavy atom. The highest BCUT2D eigenvalue weighted by Crippen LogP contribution is 2.19. The monoisotopic (exact) mass is 220 g/mol. The predicted octanol–water partition coefficient (Wildman–Crippen LogP) is 2.81. The summed E-state index contributed by atoms with van der Waals surface area (Å²) in [4.78, 5) is 2.36. The Hall–Kier alpha value is -0.860. The number of rotatable bonds is 5. The normalized spacial score (nSPS) is 17.1. The maximum atomic E-state index is 6.29. The second kappa shape index (κ2) is 6.02. The molecule has 1 aromatic carbocycles. The van der Waals surface area contributed by atoms with Gasteiger partial charge in [0.25, 0.3) is 0 Å². The molecule has 0 spiro atoms. The maximum absolute atomic E-state index is 6.29. The van der Waals surface area contributed by atoms with Crippen LogP contribution in [0.1, 0.15) is 38.8 Å². The summed E-state index contributed by atoms with van der Waals surface area (Å²) in [6.45, 7) is 6.65. The molecule has 0 aliphatic rings. The Morgan fingerprint density at radius 1 is 1.19 bits per heavy atom. The summed E-state index contributed by atoms with van der Waals surface area (Å²) in [6, 6.07) is 11.3. The van der Waals surface area contributed by atoms with Gasteiger partial charge in [-0.25, -0.2) is 0 Å². The molecule has 0 saturated heterocycles. The van der Waals surface area contributed by atoms with Crippen molar-refractivity contribution in [1.82, 2.24) is 4.90 Å². The number of nitrogens with two attached hydrogens (primary N) is 1. The van der Waals surface area contributed by atoms with E-state index in [1.807, 2.05) is 18.2 Å². The molecule has 0 aromatic heterocycles. The number of hydrogen-bond acceptors (Lipinski definition) is 2. The lowest BCUT2D eigenvalue weighted by Gasteiger charge is -2.34. The lowest BCUT2D eigenvalue weighted by atomic mass is 9.99. The van der Waals surface area contributed by atoms with Crippen molar-refractivity contribution < 1.29 is 0 Å². The zero-order valence-electron chi connectivity index (χ0n) is 10.9. The SMILES string of the molecule is CCC(C)N(C)C(C)C(N)c1ccccc1. The van der Waals surface area contributed by atoms with Crippen molar-refractivity contribution in [3.8, 4) is 0 Å². The first-order valence-corrected chi connectivity index (χ1v) is 6.10. The van der Waals surface area contributed by atoms with Crippen LogP contribution in [0, 0.1) is 0 Å². The van der Waals surface area contributed by atoms with Crippen LogP contribution >= 0.6 is 0 Å². The Labute approximate surface area is 99.5 Å². The Bertz CT molecular complexity index is 297. The summed E-state index contributed by atoms with van der Waals surface area (Å²) in [6.07, 6.45) is 1.16. The molecular weight excluding hydrogens is 196 g/mol. The zero-order valence-corrected chi connectivity index (χ0v) is 10.9. The highest BCUT2D eigenvalue weighted by Gasteiger charge is 2.21. The Morgan fingerprint density at radius 2 is 1.75 bits per heavy atom. The molecule has 90 valence electrons. The maximum Gasteiger partial charge on any atom is 0.0450 e. The van der Waals surface area contributed by atoms with Crippen LogP contribution in [0.4, 0.5) is 0 Å². The number of benzene rings is 1. The van der Waals surface area contributed by atoms with Gasteiger partial charge in [-0.1, -0.05) is 37.3 Å². The van der Waals surface area contributed by atoms with E-state index in [9.17, 15) is 0 Å². The van der Waals surface area contributed by atoms with E-state index in [-0.39, 0.29) is 6.04 Å². The Kier molecular flexibility index (Phi) is 4.97. The third-order valence-corrected chi connectivity index (χ3v) is 3.63. The molecule has 0 heterocycles. The molecule has 0 fully saturated rings. The standard InChI is InChI=1S/C14H24N2/c1-5-11(2)16(4)12(3)14(15)13-9-7-6-8-10-13/h6-12,14H,5,15H2,1-4H3. The third kappa shape index (κ3) is 3.06. The molecule has 0 bridgehead atoms. The van der Waals surface area contributed by atoms with Crippen LogP contribution in [0.15, 0.2) is 30.3 Å². The van der Waals surface area contributed by atoms with E-state index >= 15 is 0 Å². The van der Waals surface area contributed by atoms with E-state index in [4.69, 9.17) is 5.73 Å². The average molecular weight is 220 g/mol. The summed E-state index contributed by atoms with van der Waals surface area (Å²) in [5, 5.41) is 0. The molecule has 0 amide bonds. The minimum atomic E-state index is 0.0835. The van der Waals surface area contributed by atoms with Crippen molar-refractivity contribution in [2.24, 2.45) is 5.73 Å². The second-order valence-electron chi connectivity index (χ2n) is 4.60. The van der Waals surface area contributed by atoms with Crippen LogP contribution < -0.4 is 5.73 Å². The summed E-state index contributed by atoms with van der Waals surface area (Å²) in [5.41, 5.74) is 7.50. The van der Waals surface area contributed by atoms with Crippen LogP contribution in [0.25, 0.3) is 0 Å². The summed E-state index contributed by atoms with van der Waals surface area (Å²) < 4.78 is 0. The molecule has 3 unspecified atom stereocenters. The predicted molar refractivity (Wildman–Crippen MR) is 70.3 cm³/mol. The van der Waals surface area contributed by atoms with Gasteiger partial charge in [0.2, 0.25) is 0 Å². The first kappa shape index (κ1) is 13.2. The molecule has 1 rings (SSSR count). The van der Waals surface area contributed by atoms with Crippen molar-refractivity contribution in [3.63, 3.8) is 0 Å². The molecule has 2 heteroatoms. The highest BCUT2D eigenvalue weighted by atomic mass is 15.2. The van der Waals surface area contributed by atoms with Gasteiger partial charge in [0.05, 0.1) is 0 Å². The average Bonchev–Trinajstić information content (AvgIpc) is 2.36. The first-order chi connectivity index (χ1) is 7.57. The number of hydrogen-bond donors (Lipinski definition) is 1. The molecule has 0 radical (unpaired) electrons. The van der Waals surface area contributed by atoms with Crippen LogP contribution in [-0.4, -0.2) is 24.0 Å². The molecule has 0 aliphatic carbocycles. The Balaban J connectivity index is 2.71. The van der Waals surface area contributed by atoms with Gasteiger partial charge in [0, 0.05) is 18.1 Å². The topological polar surface area (TPSA) is 29.3 Å². The molecule has 2 N–H and O–H groups in total. The third-order valence-electron chi connectivity index (χ3n) is 3.63. The fourth-order valence-electron chi connectivity index (χ4n) is 1.90. The number of nitrogens with zero attached hydrogens (tertiary/aromatic N) is 1. The molecule has 16 heavy (non-hydrogen) atoms. The summed E-state index contributed by atoms with van der Waals surface area (Å²) >= 11 is 0. The largest absolute Gasteiger partial charge is 0.323 e. The van der Waals surface area contributed by atoms with Gasteiger partial charge in [0.15, 0.2) is 0 Å². The van der Waals surface area contributed by atoms with E-state index in [2.05, 4.69) is 44.9 Å². The minimum absolute atomic E-state index is 0.0835. The fraction of sp³-hybridized carbons (Fsp3) is 0.571. The molecular formula is C14H24N2.